The molecule has 0 heterocycles. The van der Waals surface area contributed by atoms with E-state index in [9.17, 15) is 0 Å². The summed E-state index contributed by atoms with van der Waals surface area (Å²) in [6, 6.07) is 11.1. The van der Waals surface area contributed by atoms with E-state index in [1.165, 1.54) is 12.0 Å². The van der Waals surface area contributed by atoms with Crippen molar-refractivity contribution >= 4 is 11.8 Å². The monoisotopic (exact) mass is 266 g/mol. The van der Waals surface area contributed by atoms with Crippen molar-refractivity contribution in [1.29, 1.82) is 0 Å². The lowest BCUT2D eigenvalue weighted by Gasteiger charge is -2.22. The van der Waals surface area contributed by atoms with Gasteiger partial charge in [-0.3, -0.25) is 11.3 Å². The molecule has 2 nitrogen and oxygen atoms in total. The molecular weight excluding hydrogens is 240 g/mol. The number of nitrogens with one attached hydrogen (secondary N) is 1. The first kappa shape index (κ1) is 15.5. The van der Waals surface area contributed by atoms with Crippen LogP contribution >= 0.6 is 11.8 Å². The topological polar surface area (TPSA) is 38.0 Å². The molecular formula is C15H26N2S. The van der Waals surface area contributed by atoms with Gasteiger partial charge in [0.05, 0.1) is 0 Å². The molecule has 0 aliphatic heterocycles. The van der Waals surface area contributed by atoms with Crippen LogP contribution in [0.1, 0.15) is 39.2 Å². The van der Waals surface area contributed by atoms with Gasteiger partial charge in [-0.2, -0.15) is 11.8 Å². The number of hydrazine groups is 1. The lowest BCUT2D eigenvalue weighted by molar-refractivity contribution is 0.518. The molecule has 0 spiro atoms. The molecule has 18 heavy (non-hydrogen) atoms. The maximum atomic E-state index is 5.62. The number of hydrogen-bond donors (Lipinski definition) is 2. The minimum absolute atomic E-state index is 0.314. The van der Waals surface area contributed by atoms with Crippen LogP contribution in [0.25, 0.3) is 0 Å². The van der Waals surface area contributed by atoms with Crippen LogP contribution in [0.3, 0.4) is 0 Å². The van der Waals surface area contributed by atoms with Crippen LogP contribution in [0, 0.1) is 0 Å². The van der Waals surface area contributed by atoms with Gasteiger partial charge in [0.15, 0.2) is 0 Å². The summed E-state index contributed by atoms with van der Waals surface area (Å²) in [5.41, 5.74) is 4.35. The second-order valence-corrected chi connectivity index (χ2v) is 7.51. The van der Waals surface area contributed by atoms with Gasteiger partial charge in [-0.1, -0.05) is 51.1 Å². The van der Waals surface area contributed by atoms with E-state index in [1.54, 1.807) is 0 Å². The van der Waals surface area contributed by atoms with Gasteiger partial charge in [-0.05, 0) is 24.8 Å². The van der Waals surface area contributed by atoms with Crippen LogP contribution in [0.4, 0.5) is 0 Å². The van der Waals surface area contributed by atoms with Crippen LogP contribution in [0.5, 0.6) is 0 Å². The molecule has 0 aromatic heterocycles. The summed E-state index contributed by atoms with van der Waals surface area (Å²) in [7, 11) is 0. The largest absolute Gasteiger partial charge is 0.271 e. The molecule has 0 saturated heterocycles. The number of benzene rings is 1. The van der Waals surface area contributed by atoms with Gasteiger partial charge in [0.25, 0.3) is 0 Å². The second-order valence-electron chi connectivity index (χ2n) is 5.66. The Balaban J connectivity index is 2.23. The van der Waals surface area contributed by atoms with E-state index in [4.69, 9.17) is 5.84 Å². The van der Waals surface area contributed by atoms with E-state index in [1.807, 2.05) is 11.8 Å². The Bertz CT molecular complexity index is 319. The molecule has 0 aliphatic rings. The first-order valence-electron chi connectivity index (χ1n) is 6.65. The Morgan fingerprint density at radius 1 is 1.22 bits per heavy atom. The molecule has 0 saturated carbocycles. The van der Waals surface area contributed by atoms with Crippen LogP contribution in [-0.2, 0) is 6.42 Å². The first-order chi connectivity index (χ1) is 8.51. The SMILES string of the molecule is CC(C)(C)SCC(CCCc1ccccc1)NN. The van der Waals surface area contributed by atoms with Crippen molar-refractivity contribution in [2.45, 2.75) is 50.8 Å². The fraction of sp³-hybridized carbons (Fsp3) is 0.600. The summed E-state index contributed by atoms with van der Waals surface area (Å²) >= 11 is 1.97. The Kier molecular flexibility index (Phi) is 6.76. The maximum Gasteiger partial charge on any atom is 0.0301 e. The number of thioether (sulfide) groups is 1. The summed E-state index contributed by atoms with van der Waals surface area (Å²) in [4.78, 5) is 0. The highest BCUT2D eigenvalue weighted by Gasteiger charge is 2.14. The van der Waals surface area contributed by atoms with Crippen LogP contribution in [0.15, 0.2) is 30.3 Å². The van der Waals surface area contributed by atoms with Gasteiger partial charge in [-0.25, -0.2) is 0 Å². The highest BCUT2D eigenvalue weighted by molar-refractivity contribution is 8.00. The van der Waals surface area contributed by atoms with Crippen molar-refractivity contribution in [2.75, 3.05) is 5.75 Å². The van der Waals surface area contributed by atoms with Gasteiger partial charge < -0.3 is 0 Å². The van der Waals surface area contributed by atoms with Crippen molar-refractivity contribution < 1.29 is 0 Å². The fourth-order valence-electron chi connectivity index (χ4n) is 1.76. The molecule has 0 radical (unpaired) electrons. The highest BCUT2D eigenvalue weighted by Crippen LogP contribution is 2.24. The predicted molar refractivity (Wildman–Crippen MR) is 82.7 cm³/mol. The van der Waals surface area contributed by atoms with E-state index < -0.39 is 0 Å². The predicted octanol–water partition coefficient (Wildman–Crippen LogP) is 3.37. The van der Waals surface area contributed by atoms with E-state index in [0.717, 1.165) is 18.6 Å². The van der Waals surface area contributed by atoms with E-state index in [2.05, 4.69) is 56.5 Å². The lowest BCUT2D eigenvalue weighted by Crippen LogP contribution is -2.37. The average molecular weight is 266 g/mol. The van der Waals surface area contributed by atoms with Crippen molar-refractivity contribution in [3.8, 4) is 0 Å². The molecule has 0 amide bonds. The van der Waals surface area contributed by atoms with Crippen LogP contribution < -0.4 is 11.3 Å². The summed E-state index contributed by atoms with van der Waals surface area (Å²) in [6.07, 6.45) is 3.46. The van der Waals surface area contributed by atoms with Crippen LogP contribution in [-0.4, -0.2) is 16.5 Å². The zero-order chi connectivity index (χ0) is 13.4. The number of aryl methyl sites for hydroxylation is 1. The Morgan fingerprint density at radius 3 is 2.44 bits per heavy atom. The molecule has 1 aromatic carbocycles. The van der Waals surface area contributed by atoms with Crippen LogP contribution in [0.2, 0.25) is 0 Å². The number of hydrogen-bond acceptors (Lipinski definition) is 3. The van der Waals surface area contributed by atoms with Gasteiger partial charge in [0.1, 0.15) is 0 Å². The third-order valence-corrected chi connectivity index (χ3v) is 4.25. The van der Waals surface area contributed by atoms with E-state index in [-0.39, 0.29) is 0 Å². The Labute approximate surface area is 116 Å². The van der Waals surface area contributed by atoms with Crippen molar-refractivity contribution in [1.82, 2.24) is 5.43 Å². The summed E-state index contributed by atoms with van der Waals surface area (Å²) in [5, 5.41) is 0. The van der Waals surface area contributed by atoms with Gasteiger partial charge in [0, 0.05) is 16.5 Å². The summed E-state index contributed by atoms with van der Waals surface area (Å²) in [5.74, 6) is 6.70. The molecule has 3 N–H and O–H groups in total. The molecule has 1 unspecified atom stereocenters. The van der Waals surface area contributed by atoms with Gasteiger partial charge in [0.2, 0.25) is 0 Å². The highest BCUT2D eigenvalue weighted by atomic mass is 32.2. The molecule has 0 aliphatic carbocycles. The third-order valence-electron chi connectivity index (χ3n) is 2.81. The summed E-state index contributed by atoms with van der Waals surface area (Å²) < 4.78 is 0.314. The van der Waals surface area contributed by atoms with Gasteiger partial charge in [-0.15, -0.1) is 0 Å². The first-order valence-corrected chi connectivity index (χ1v) is 7.64. The number of rotatable bonds is 7. The Hall–Kier alpha value is -0.510. The lowest BCUT2D eigenvalue weighted by atomic mass is 10.1. The van der Waals surface area contributed by atoms with E-state index in [0.29, 0.717) is 10.8 Å². The summed E-state index contributed by atoms with van der Waals surface area (Å²) in [6.45, 7) is 6.74. The molecule has 1 rings (SSSR count). The van der Waals surface area contributed by atoms with Crippen molar-refractivity contribution in [2.24, 2.45) is 5.84 Å². The number of nitrogens with two attached hydrogens (primary N) is 1. The quantitative estimate of drug-likeness (QED) is 0.587. The molecule has 1 aromatic rings. The Morgan fingerprint density at radius 2 is 1.89 bits per heavy atom. The minimum atomic E-state index is 0.314. The molecule has 3 heteroatoms. The molecule has 1 atom stereocenters. The van der Waals surface area contributed by atoms with E-state index >= 15 is 0 Å². The third kappa shape index (κ3) is 7.04. The molecule has 0 fully saturated rings. The second kappa shape index (κ2) is 7.82. The van der Waals surface area contributed by atoms with Gasteiger partial charge >= 0.3 is 0 Å². The maximum absolute atomic E-state index is 5.62. The van der Waals surface area contributed by atoms with Crippen molar-refractivity contribution in [3.05, 3.63) is 35.9 Å². The van der Waals surface area contributed by atoms with Crippen molar-refractivity contribution in [3.63, 3.8) is 0 Å². The zero-order valence-corrected chi connectivity index (χ0v) is 12.6. The average Bonchev–Trinajstić information content (AvgIpc) is 2.33. The zero-order valence-electron chi connectivity index (χ0n) is 11.8. The molecule has 0 bridgehead atoms. The minimum Gasteiger partial charge on any atom is -0.271 e. The fourth-order valence-corrected chi connectivity index (χ4v) is 2.73. The normalized spacial score (nSPS) is 13.6. The molecule has 102 valence electrons. The standard InChI is InChI=1S/C15H26N2S/c1-15(2,3)18-12-14(17-16)11-7-10-13-8-5-4-6-9-13/h4-6,8-9,14,17H,7,10-12,16H2,1-3H3. The smallest absolute Gasteiger partial charge is 0.0301 e.